The van der Waals surface area contributed by atoms with Crippen LogP contribution in [-0.4, -0.2) is 44.3 Å². The van der Waals surface area contributed by atoms with E-state index in [2.05, 4.69) is 5.32 Å². The van der Waals surface area contributed by atoms with Crippen LogP contribution in [0.3, 0.4) is 0 Å². The van der Waals surface area contributed by atoms with E-state index in [0.717, 1.165) is 5.69 Å². The first kappa shape index (κ1) is 17.5. The number of benzene rings is 1. The molecule has 1 fully saturated rings. The standard InChI is InChI=1S/C16H22N2O4S/c1-12(2)10-23(21,22)11-15(19)17-13-8-16(20)18(9-13)14-6-4-3-5-7-14/h3-7,12-13H,8-11H2,1-2H3,(H,17,19). The van der Waals surface area contributed by atoms with Crippen LogP contribution in [0.25, 0.3) is 0 Å². The van der Waals surface area contributed by atoms with Gasteiger partial charge in [0.05, 0.1) is 11.8 Å². The first-order valence-electron chi connectivity index (χ1n) is 7.62. The fraction of sp³-hybridized carbons (Fsp3) is 0.500. The predicted octanol–water partition coefficient (Wildman–Crippen LogP) is 0.979. The predicted molar refractivity (Wildman–Crippen MR) is 88.8 cm³/mol. The van der Waals surface area contributed by atoms with E-state index in [1.165, 1.54) is 0 Å². The summed E-state index contributed by atoms with van der Waals surface area (Å²) in [4.78, 5) is 25.6. The Morgan fingerprint density at radius 3 is 2.57 bits per heavy atom. The molecule has 2 amide bonds. The average molecular weight is 338 g/mol. The minimum atomic E-state index is -3.41. The van der Waals surface area contributed by atoms with E-state index in [4.69, 9.17) is 0 Å². The van der Waals surface area contributed by atoms with Gasteiger partial charge in [-0.2, -0.15) is 0 Å². The lowest BCUT2D eigenvalue weighted by Gasteiger charge is -2.17. The Morgan fingerprint density at radius 1 is 1.30 bits per heavy atom. The zero-order valence-electron chi connectivity index (χ0n) is 13.4. The summed E-state index contributed by atoms with van der Waals surface area (Å²) in [6.07, 6.45) is 0.185. The van der Waals surface area contributed by atoms with Crippen molar-refractivity contribution in [1.29, 1.82) is 0 Å². The van der Waals surface area contributed by atoms with Gasteiger partial charge in [0.2, 0.25) is 11.8 Å². The van der Waals surface area contributed by atoms with Gasteiger partial charge in [0.1, 0.15) is 5.75 Å². The molecular weight excluding hydrogens is 316 g/mol. The Hall–Kier alpha value is -1.89. The lowest BCUT2D eigenvalue weighted by atomic mass is 10.2. The molecule has 0 bridgehead atoms. The zero-order chi connectivity index (χ0) is 17.0. The molecular formula is C16H22N2O4S. The van der Waals surface area contributed by atoms with Gasteiger partial charge in [0.15, 0.2) is 9.84 Å². The first-order chi connectivity index (χ1) is 10.8. The zero-order valence-corrected chi connectivity index (χ0v) is 14.2. The van der Waals surface area contributed by atoms with Crippen molar-refractivity contribution in [3.8, 4) is 0 Å². The first-order valence-corrected chi connectivity index (χ1v) is 9.44. The number of para-hydroxylation sites is 1. The second kappa shape index (κ2) is 7.12. The minimum Gasteiger partial charge on any atom is -0.350 e. The number of carbonyl (C=O) groups excluding carboxylic acids is 2. The highest BCUT2D eigenvalue weighted by atomic mass is 32.2. The van der Waals surface area contributed by atoms with Crippen molar-refractivity contribution in [2.24, 2.45) is 5.92 Å². The van der Waals surface area contributed by atoms with Gasteiger partial charge in [0, 0.05) is 18.7 Å². The summed E-state index contributed by atoms with van der Waals surface area (Å²) in [6.45, 7) is 3.95. The molecule has 0 aromatic heterocycles. The molecule has 126 valence electrons. The maximum Gasteiger partial charge on any atom is 0.235 e. The van der Waals surface area contributed by atoms with Gasteiger partial charge in [-0.25, -0.2) is 8.42 Å². The Morgan fingerprint density at radius 2 is 1.96 bits per heavy atom. The molecule has 1 saturated heterocycles. The summed E-state index contributed by atoms with van der Waals surface area (Å²) >= 11 is 0. The third-order valence-electron chi connectivity index (χ3n) is 3.50. The van der Waals surface area contributed by atoms with E-state index in [-0.39, 0.29) is 30.0 Å². The largest absolute Gasteiger partial charge is 0.350 e. The van der Waals surface area contributed by atoms with E-state index in [9.17, 15) is 18.0 Å². The number of nitrogens with one attached hydrogen (secondary N) is 1. The lowest BCUT2D eigenvalue weighted by molar-refractivity contribution is -0.119. The van der Waals surface area contributed by atoms with E-state index >= 15 is 0 Å². The third-order valence-corrected chi connectivity index (χ3v) is 5.37. The Labute approximate surface area is 136 Å². The van der Waals surface area contributed by atoms with Crippen molar-refractivity contribution in [3.05, 3.63) is 30.3 Å². The number of carbonyl (C=O) groups is 2. The van der Waals surface area contributed by atoms with Crippen molar-refractivity contribution < 1.29 is 18.0 Å². The molecule has 1 unspecified atom stereocenters. The second-order valence-corrected chi connectivity index (χ2v) is 8.37. The molecule has 1 aliphatic heterocycles. The monoisotopic (exact) mass is 338 g/mol. The van der Waals surface area contributed by atoms with Crippen LogP contribution >= 0.6 is 0 Å². The van der Waals surface area contributed by atoms with Crippen LogP contribution in [0.15, 0.2) is 30.3 Å². The van der Waals surface area contributed by atoms with E-state index in [1.807, 2.05) is 30.3 Å². The van der Waals surface area contributed by atoms with Crippen molar-refractivity contribution in [2.75, 3.05) is 23.0 Å². The summed E-state index contributed by atoms with van der Waals surface area (Å²) < 4.78 is 23.7. The van der Waals surface area contributed by atoms with E-state index < -0.39 is 21.5 Å². The van der Waals surface area contributed by atoms with Gasteiger partial charge in [-0.05, 0) is 18.1 Å². The van der Waals surface area contributed by atoms with Gasteiger partial charge in [0.25, 0.3) is 0 Å². The van der Waals surface area contributed by atoms with Crippen molar-refractivity contribution in [2.45, 2.75) is 26.3 Å². The van der Waals surface area contributed by atoms with E-state index in [0.29, 0.717) is 6.54 Å². The van der Waals surface area contributed by atoms with Gasteiger partial charge < -0.3 is 10.2 Å². The fourth-order valence-corrected chi connectivity index (χ4v) is 4.31. The highest BCUT2D eigenvalue weighted by Crippen LogP contribution is 2.21. The number of amides is 2. The number of anilines is 1. The molecule has 0 saturated carbocycles. The van der Waals surface area contributed by atoms with Gasteiger partial charge in [-0.3, -0.25) is 9.59 Å². The summed E-state index contributed by atoms with van der Waals surface area (Å²) in [5, 5.41) is 2.66. The van der Waals surface area contributed by atoms with Crippen LogP contribution in [0.2, 0.25) is 0 Å². The number of sulfone groups is 1. The lowest BCUT2D eigenvalue weighted by Crippen LogP contribution is -2.40. The van der Waals surface area contributed by atoms with Gasteiger partial charge in [-0.1, -0.05) is 32.0 Å². The highest BCUT2D eigenvalue weighted by Gasteiger charge is 2.32. The Balaban J connectivity index is 1.92. The number of nitrogens with zero attached hydrogens (tertiary/aromatic N) is 1. The summed E-state index contributed by atoms with van der Waals surface area (Å²) in [6, 6.07) is 8.84. The molecule has 23 heavy (non-hydrogen) atoms. The normalized spacial score (nSPS) is 18.5. The van der Waals surface area contributed by atoms with Crippen LogP contribution in [0.5, 0.6) is 0 Å². The van der Waals surface area contributed by atoms with Crippen LogP contribution < -0.4 is 10.2 Å². The molecule has 2 rings (SSSR count). The molecule has 1 aromatic rings. The van der Waals surface area contributed by atoms with Crippen molar-refractivity contribution in [3.63, 3.8) is 0 Å². The Bertz CT molecular complexity index is 671. The summed E-state index contributed by atoms with van der Waals surface area (Å²) in [5.74, 6) is -1.18. The second-order valence-electron chi connectivity index (χ2n) is 6.26. The minimum absolute atomic E-state index is 0.0137. The molecule has 1 N–H and O–H groups in total. The maximum atomic E-state index is 12.1. The summed E-state index contributed by atoms with van der Waals surface area (Å²) in [7, 11) is -3.41. The molecule has 0 spiro atoms. The average Bonchev–Trinajstić information content (AvgIpc) is 2.77. The third kappa shape index (κ3) is 5.06. The van der Waals surface area contributed by atoms with Crippen LogP contribution in [0, 0.1) is 5.92 Å². The van der Waals surface area contributed by atoms with Crippen LogP contribution in [-0.2, 0) is 19.4 Å². The molecule has 7 heteroatoms. The smallest absolute Gasteiger partial charge is 0.235 e. The molecule has 0 radical (unpaired) electrons. The SMILES string of the molecule is CC(C)CS(=O)(=O)CC(=O)NC1CC(=O)N(c2ccccc2)C1. The van der Waals surface area contributed by atoms with Crippen LogP contribution in [0.1, 0.15) is 20.3 Å². The number of rotatable bonds is 6. The fourth-order valence-electron chi connectivity index (χ4n) is 2.70. The molecule has 1 aliphatic rings. The van der Waals surface area contributed by atoms with Gasteiger partial charge >= 0.3 is 0 Å². The number of hydrogen-bond donors (Lipinski definition) is 1. The van der Waals surface area contributed by atoms with Gasteiger partial charge in [-0.15, -0.1) is 0 Å². The maximum absolute atomic E-state index is 12.1. The van der Waals surface area contributed by atoms with Crippen molar-refractivity contribution >= 4 is 27.3 Å². The molecule has 1 aromatic carbocycles. The molecule has 1 atom stereocenters. The van der Waals surface area contributed by atoms with Crippen molar-refractivity contribution in [1.82, 2.24) is 5.32 Å². The topological polar surface area (TPSA) is 83.5 Å². The number of hydrogen-bond acceptors (Lipinski definition) is 4. The molecule has 1 heterocycles. The summed E-state index contributed by atoms with van der Waals surface area (Å²) in [5.41, 5.74) is 0.779. The highest BCUT2D eigenvalue weighted by molar-refractivity contribution is 7.92. The van der Waals surface area contributed by atoms with Crippen LogP contribution in [0.4, 0.5) is 5.69 Å². The molecule has 0 aliphatic carbocycles. The molecule has 6 nitrogen and oxygen atoms in total. The quantitative estimate of drug-likeness (QED) is 0.838. The Kier molecular flexibility index (Phi) is 5.41. The van der Waals surface area contributed by atoms with E-state index in [1.54, 1.807) is 18.7 Å².